The van der Waals surface area contributed by atoms with Gasteiger partial charge in [0.15, 0.2) is 9.84 Å². The lowest BCUT2D eigenvalue weighted by molar-refractivity contribution is -0.138. The lowest BCUT2D eigenvalue weighted by Crippen LogP contribution is -2.51. The average molecular weight is 332 g/mol. The van der Waals surface area contributed by atoms with Crippen LogP contribution in [-0.2, 0) is 14.6 Å². The zero-order valence-corrected chi connectivity index (χ0v) is 14.0. The van der Waals surface area contributed by atoms with Gasteiger partial charge in [-0.2, -0.15) is 0 Å². The predicted molar refractivity (Wildman–Crippen MR) is 86.8 cm³/mol. The van der Waals surface area contributed by atoms with E-state index >= 15 is 0 Å². The Morgan fingerprint density at radius 1 is 1.00 bits per heavy atom. The second-order valence-corrected chi connectivity index (χ2v) is 8.90. The van der Waals surface area contributed by atoms with Gasteiger partial charge in [0.25, 0.3) is 0 Å². The van der Waals surface area contributed by atoms with Gasteiger partial charge in [0, 0.05) is 13.1 Å². The van der Waals surface area contributed by atoms with Crippen LogP contribution in [0.15, 0.2) is 0 Å². The van der Waals surface area contributed by atoms with Crippen LogP contribution in [0.4, 0.5) is 0 Å². The quantitative estimate of drug-likeness (QED) is 0.608. The van der Waals surface area contributed by atoms with E-state index in [9.17, 15) is 13.2 Å². The monoisotopic (exact) mass is 332 g/mol. The van der Waals surface area contributed by atoms with Crippen LogP contribution in [0, 0.1) is 5.41 Å². The Kier molecular flexibility index (Phi) is 5.24. The van der Waals surface area contributed by atoms with E-state index in [1.54, 1.807) is 4.90 Å². The minimum Gasteiger partial charge on any atom is -0.392 e. The Morgan fingerprint density at radius 2 is 1.62 bits per heavy atom. The molecule has 1 saturated heterocycles. The smallest absolute Gasteiger partial charge is 0.235 e. The summed E-state index contributed by atoms with van der Waals surface area (Å²) in [6, 6.07) is 0. The molecular formula is C14H24N2O3S2. The highest BCUT2D eigenvalue weighted by Crippen LogP contribution is 2.37. The van der Waals surface area contributed by atoms with Crippen molar-refractivity contribution in [3.8, 4) is 0 Å². The van der Waals surface area contributed by atoms with E-state index in [4.69, 9.17) is 18.0 Å². The van der Waals surface area contributed by atoms with Crippen LogP contribution in [0.1, 0.15) is 44.9 Å². The number of carbonyl (C=O) groups excluding carboxylic acids is 1. The molecule has 2 aliphatic rings. The summed E-state index contributed by atoms with van der Waals surface area (Å²) in [6.07, 6.45) is 6.01. The van der Waals surface area contributed by atoms with Crippen LogP contribution in [0.3, 0.4) is 0 Å². The van der Waals surface area contributed by atoms with E-state index < -0.39 is 15.3 Å². The van der Waals surface area contributed by atoms with Crippen molar-refractivity contribution in [3.05, 3.63) is 0 Å². The van der Waals surface area contributed by atoms with Gasteiger partial charge < -0.3 is 10.6 Å². The maximum absolute atomic E-state index is 13.0. The lowest BCUT2D eigenvalue weighted by atomic mass is 9.78. The number of amides is 1. The molecule has 0 bridgehead atoms. The molecule has 0 aromatic heterocycles. The van der Waals surface area contributed by atoms with Gasteiger partial charge in [0.2, 0.25) is 5.91 Å². The van der Waals surface area contributed by atoms with Crippen molar-refractivity contribution in [3.63, 3.8) is 0 Å². The first kappa shape index (κ1) is 16.7. The summed E-state index contributed by atoms with van der Waals surface area (Å²) in [6.45, 7) is 0.758. The number of hydrogen-bond acceptors (Lipinski definition) is 4. The molecule has 120 valence electrons. The number of nitrogens with two attached hydrogens (primary N) is 1. The first-order valence-corrected chi connectivity index (χ1v) is 9.90. The number of thiocarbonyl (C=S) groups is 1. The fourth-order valence-corrected chi connectivity index (χ4v) is 4.91. The van der Waals surface area contributed by atoms with Gasteiger partial charge in [-0.15, -0.1) is 0 Å². The molecule has 1 heterocycles. The van der Waals surface area contributed by atoms with E-state index in [0.717, 1.165) is 25.7 Å². The van der Waals surface area contributed by atoms with E-state index in [-0.39, 0.29) is 28.9 Å². The molecule has 1 amide bonds. The molecule has 1 aliphatic carbocycles. The fraction of sp³-hybridized carbons (Fsp3) is 0.857. The summed E-state index contributed by atoms with van der Waals surface area (Å²) >= 11 is 5.22. The van der Waals surface area contributed by atoms with Crippen molar-refractivity contribution in [2.24, 2.45) is 11.1 Å². The third-order valence-electron chi connectivity index (χ3n) is 4.68. The molecule has 0 aromatic carbocycles. The molecule has 2 fully saturated rings. The normalized spacial score (nSPS) is 25.6. The Bertz CT molecular complexity index is 508. The van der Waals surface area contributed by atoms with Gasteiger partial charge in [0.05, 0.1) is 21.9 Å². The summed E-state index contributed by atoms with van der Waals surface area (Å²) in [5.41, 5.74) is 5.19. The minimum atomic E-state index is -3.02. The highest BCUT2D eigenvalue weighted by atomic mass is 32.2. The Balaban J connectivity index is 2.20. The van der Waals surface area contributed by atoms with Gasteiger partial charge >= 0.3 is 0 Å². The van der Waals surface area contributed by atoms with Gasteiger partial charge in [-0.05, 0) is 19.3 Å². The molecule has 21 heavy (non-hydrogen) atoms. The molecule has 7 heteroatoms. The fourth-order valence-electron chi connectivity index (χ4n) is 3.34. The molecule has 1 aliphatic heterocycles. The third kappa shape index (κ3) is 3.74. The van der Waals surface area contributed by atoms with Crippen LogP contribution in [0.5, 0.6) is 0 Å². The average Bonchev–Trinajstić information content (AvgIpc) is 2.76. The van der Waals surface area contributed by atoms with Crippen LogP contribution in [0.2, 0.25) is 0 Å². The summed E-state index contributed by atoms with van der Waals surface area (Å²) in [7, 11) is -3.02. The summed E-state index contributed by atoms with van der Waals surface area (Å²) < 4.78 is 23.4. The van der Waals surface area contributed by atoms with E-state index in [1.165, 1.54) is 0 Å². The maximum atomic E-state index is 13.0. The summed E-state index contributed by atoms with van der Waals surface area (Å²) in [5, 5.41) is 0. The molecule has 1 saturated carbocycles. The Morgan fingerprint density at radius 3 is 2.19 bits per heavy atom. The Labute approximate surface area is 132 Å². The van der Waals surface area contributed by atoms with Crippen LogP contribution >= 0.6 is 12.2 Å². The molecule has 2 rings (SSSR count). The molecular weight excluding hydrogens is 308 g/mol. The zero-order valence-electron chi connectivity index (χ0n) is 12.3. The first-order chi connectivity index (χ1) is 9.87. The highest BCUT2D eigenvalue weighted by molar-refractivity contribution is 7.91. The Hall–Kier alpha value is -0.690. The van der Waals surface area contributed by atoms with E-state index in [0.29, 0.717) is 25.8 Å². The molecule has 0 aromatic rings. The molecule has 0 atom stereocenters. The topological polar surface area (TPSA) is 80.5 Å². The molecule has 0 unspecified atom stereocenters. The third-order valence-corrected chi connectivity index (χ3v) is 6.79. The van der Waals surface area contributed by atoms with Crippen molar-refractivity contribution < 1.29 is 13.2 Å². The number of sulfone groups is 1. The first-order valence-electron chi connectivity index (χ1n) is 7.67. The van der Waals surface area contributed by atoms with Crippen molar-refractivity contribution in [2.75, 3.05) is 24.6 Å². The summed E-state index contributed by atoms with van der Waals surface area (Å²) in [4.78, 5) is 15.0. The van der Waals surface area contributed by atoms with Crippen molar-refractivity contribution in [1.82, 2.24) is 4.90 Å². The molecule has 5 nitrogen and oxygen atoms in total. The van der Waals surface area contributed by atoms with Crippen molar-refractivity contribution >= 4 is 33.0 Å². The summed E-state index contributed by atoms with van der Waals surface area (Å²) in [5.74, 6) is 0.164. The number of rotatable bonds is 2. The van der Waals surface area contributed by atoms with Crippen molar-refractivity contribution in [2.45, 2.75) is 44.9 Å². The zero-order chi connectivity index (χ0) is 15.5. The number of hydrogen-bond donors (Lipinski definition) is 1. The maximum Gasteiger partial charge on any atom is 0.235 e. The SMILES string of the molecule is NC(=S)C1(C(=O)N2CCCS(=O)(=O)CC2)CCCCCC1. The van der Waals surface area contributed by atoms with Gasteiger partial charge in [-0.25, -0.2) is 8.42 Å². The molecule has 0 spiro atoms. The second-order valence-electron chi connectivity index (χ2n) is 6.16. The largest absolute Gasteiger partial charge is 0.392 e. The highest BCUT2D eigenvalue weighted by Gasteiger charge is 2.44. The van der Waals surface area contributed by atoms with Gasteiger partial charge in [-0.3, -0.25) is 4.79 Å². The van der Waals surface area contributed by atoms with E-state index in [2.05, 4.69) is 0 Å². The molecule has 2 N–H and O–H groups in total. The van der Waals surface area contributed by atoms with Crippen LogP contribution < -0.4 is 5.73 Å². The van der Waals surface area contributed by atoms with Crippen LogP contribution in [-0.4, -0.2) is 48.8 Å². The van der Waals surface area contributed by atoms with Crippen molar-refractivity contribution in [1.29, 1.82) is 0 Å². The standard InChI is InChI=1S/C14H24N2O3S2/c15-12(20)14(6-3-1-2-4-7-14)13(17)16-8-5-10-21(18,19)11-9-16/h1-11H2,(H2,15,20). The minimum absolute atomic E-state index is 0.0472. The number of carbonyl (C=O) groups is 1. The predicted octanol–water partition coefficient (Wildman–Crippen LogP) is 1.26. The van der Waals surface area contributed by atoms with Crippen LogP contribution in [0.25, 0.3) is 0 Å². The van der Waals surface area contributed by atoms with Gasteiger partial charge in [-0.1, -0.05) is 37.9 Å². The molecule has 0 radical (unpaired) electrons. The van der Waals surface area contributed by atoms with Gasteiger partial charge in [0.1, 0.15) is 0 Å². The second kappa shape index (κ2) is 6.60. The lowest BCUT2D eigenvalue weighted by Gasteiger charge is -2.35. The van der Waals surface area contributed by atoms with E-state index in [1.807, 2.05) is 0 Å². The number of nitrogens with zero attached hydrogens (tertiary/aromatic N) is 1.